The minimum atomic E-state index is 0.955. The van der Waals surface area contributed by atoms with E-state index in [2.05, 4.69) is 31.2 Å². The first-order chi connectivity index (χ1) is 6.74. The third kappa shape index (κ3) is 2.15. The Labute approximate surface area is 86.5 Å². The molecule has 0 atom stereocenters. The summed E-state index contributed by atoms with van der Waals surface area (Å²) in [5, 5.41) is 7.90. The molecule has 0 bridgehead atoms. The Hall–Kier alpha value is -0.830. The van der Waals surface area contributed by atoms with Crippen molar-refractivity contribution in [2.75, 3.05) is 6.54 Å². The maximum absolute atomic E-state index is 4.53. The number of nitrogens with one attached hydrogen (secondary N) is 1. The van der Waals surface area contributed by atoms with Crippen molar-refractivity contribution >= 4 is 0 Å². The maximum atomic E-state index is 4.53. The van der Waals surface area contributed by atoms with Crippen LogP contribution in [0, 0.1) is 0 Å². The summed E-state index contributed by atoms with van der Waals surface area (Å²) in [6.45, 7) is 8.45. The molecule has 0 radical (unpaired) electrons. The van der Waals surface area contributed by atoms with Crippen LogP contribution in [-0.4, -0.2) is 16.3 Å². The Kier molecular flexibility index (Phi) is 4.14. The van der Waals surface area contributed by atoms with Crippen LogP contribution in [-0.2, 0) is 26.4 Å². The molecule has 1 aromatic heterocycles. The minimum Gasteiger partial charge on any atom is -0.313 e. The molecule has 0 aromatic carbocycles. The molecule has 1 aromatic rings. The Bertz CT molecular complexity index is 289. The van der Waals surface area contributed by atoms with Crippen molar-refractivity contribution in [3.8, 4) is 0 Å². The predicted octanol–water partition coefficient (Wildman–Crippen LogP) is 1.65. The third-order valence-electron chi connectivity index (χ3n) is 2.58. The zero-order valence-electron chi connectivity index (χ0n) is 9.72. The van der Waals surface area contributed by atoms with Crippen LogP contribution in [0.5, 0.6) is 0 Å². The van der Waals surface area contributed by atoms with Crippen molar-refractivity contribution < 1.29 is 0 Å². The molecule has 0 unspecified atom stereocenters. The topological polar surface area (TPSA) is 29.9 Å². The lowest BCUT2D eigenvalue weighted by Crippen LogP contribution is -2.14. The van der Waals surface area contributed by atoms with Crippen molar-refractivity contribution in [1.82, 2.24) is 15.1 Å². The van der Waals surface area contributed by atoms with E-state index in [1.165, 1.54) is 17.0 Å². The molecule has 0 saturated carbocycles. The molecule has 0 aliphatic heterocycles. The van der Waals surface area contributed by atoms with E-state index in [0.29, 0.717) is 0 Å². The molecule has 80 valence electrons. The number of hydrogen-bond acceptors (Lipinski definition) is 2. The molecule has 1 rings (SSSR count). The first-order valence-electron chi connectivity index (χ1n) is 5.48. The monoisotopic (exact) mass is 195 g/mol. The zero-order valence-corrected chi connectivity index (χ0v) is 9.72. The zero-order chi connectivity index (χ0) is 10.6. The van der Waals surface area contributed by atoms with Crippen LogP contribution in [0.4, 0.5) is 0 Å². The summed E-state index contributed by atoms with van der Waals surface area (Å²) in [6.07, 6.45) is 2.08. The van der Waals surface area contributed by atoms with Gasteiger partial charge in [0.05, 0.1) is 5.69 Å². The Balaban J connectivity index is 2.95. The van der Waals surface area contributed by atoms with Gasteiger partial charge in [-0.05, 0) is 19.4 Å². The lowest BCUT2D eigenvalue weighted by molar-refractivity contribution is 0.693. The molecule has 0 aliphatic carbocycles. The summed E-state index contributed by atoms with van der Waals surface area (Å²) >= 11 is 0. The molecule has 3 heteroatoms. The van der Waals surface area contributed by atoms with Crippen LogP contribution in [0.2, 0.25) is 0 Å². The van der Waals surface area contributed by atoms with E-state index in [1.807, 2.05) is 11.7 Å². The molecular formula is C11H21N3. The SMILES string of the molecule is CCNCc1c(CC)nn(C)c1CC. The smallest absolute Gasteiger partial charge is 0.0669 e. The summed E-state index contributed by atoms with van der Waals surface area (Å²) in [5.74, 6) is 0. The van der Waals surface area contributed by atoms with Gasteiger partial charge < -0.3 is 5.32 Å². The number of aromatic nitrogens is 2. The quantitative estimate of drug-likeness (QED) is 0.774. The standard InChI is InChI=1S/C11H21N3/c1-5-10-9(8-12-7-3)11(6-2)14(4)13-10/h12H,5-8H2,1-4H3. The second-order valence-corrected chi connectivity index (χ2v) is 3.48. The van der Waals surface area contributed by atoms with E-state index in [-0.39, 0.29) is 0 Å². The van der Waals surface area contributed by atoms with E-state index < -0.39 is 0 Å². The molecule has 14 heavy (non-hydrogen) atoms. The van der Waals surface area contributed by atoms with Gasteiger partial charge in [0.25, 0.3) is 0 Å². The molecule has 0 aliphatic rings. The van der Waals surface area contributed by atoms with E-state index in [0.717, 1.165) is 25.9 Å². The van der Waals surface area contributed by atoms with Crippen LogP contribution >= 0.6 is 0 Å². The second kappa shape index (κ2) is 5.15. The van der Waals surface area contributed by atoms with Crippen molar-refractivity contribution in [2.45, 2.75) is 40.2 Å². The molecule has 3 nitrogen and oxygen atoms in total. The van der Waals surface area contributed by atoms with Gasteiger partial charge in [-0.2, -0.15) is 5.10 Å². The number of nitrogens with zero attached hydrogens (tertiary/aromatic N) is 2. The summed E-state index contributed by atoms with van der Waals surface area (Å²) in [5.41, 5.74) is 4.01. The maximum Gasteiger partial charge on any atom is 0.0669 e. The summed E-state index contributed by atoms with van der Waals surface area (Å²) in [7, 11) is 2.04. The average Bonchev–Trinajstić information content (AvgIpc) is 2.50. The second-order valence-electron chi connectivity index (χ2n) is 3.48. The lowest BCUT2D eigenvalue weighted by atomic mass is 10.1. The summed E-state index contributed by atoms with van der Waals surface area (Å²) in [4.78, 5) is 0. The summed E-state index contributed by atoms with van der Waals surface area (Å²) in [6, 6.07) is 0. The van der Waals surface area contributed by atoms with Gasteiger partial charge in [-0.15, -0.1) is 0 Å². The minimum absolute atomic E-state index is 0.955. The number of rotatable bonds is 5. The normalized spacial score (nSPS) is 10.9. The van der Waals surface area contributed by atoms with Crippen LogP contribution in [0.3, 0.4) is 0 Å². The van der Waals surface area contributed by atoms with E-state index in [1.54, 1.807) is 0 Å². The predicted molar refractivity (Wildman–Crippen MR) is 59.3 cm³/mol. The van der Waals surface area contributed by atoms with E-state index in [9.17, 15) is 0 Å². The van der Waals surface area contributed by atoms with Gasteiger partial charge >= 0.3 is 0 Å². The largest absolute Gasteiger partial charge is 0.313 e. The average molecular weight is 195 g/mol. The van der Waals surface area contributed by atoms with Crippen LogP contribution in [0.25, 0.3) is 0 Å². The fourth-order valence-electron chi connectivity index (χ4n) is 1.84. The molecule has 0 fully saturated rings. The third-order valence-corrected chi connectivity index (χ3v) is 2.58. The van der Waals surface area contributed by atoms with Gasteiger partial charge in [-0.3, -0.25) is 4.68 Å². The molecule has 1 heterocycles. The highest BCUT2D eigenvalue weighted by Crippen LogP contribution is 2.14. The van der Waals surface area contributed by atoms with Gasteiger partial charge in [-0.25, -0.2) is 0 Å². The van der Waals surface area contributed by atoms with Crippen LogP contribution in [0.1, 0.15) is 37.7 Å². The van der Waals surface area contributed by atoms with Crippen molar-refractivity contribution in [2.24, 2.45) is 7.05 Å². The highest BCUT2D eigenvalue weighted by molar-refractivity contribution is 5.26. The lowest BCUT2D eigenvalue weighted by Gasteiger charge is -2.04. The van der Waals surface area contributed by atoms with E-state index in [4.69, 9.17) is 0 Å². The molecular weight excluding hydrogens is 174 g/mol. The van der Waals surface area contributed by atoms with E-state index >= 15 is 0 Å². The van der Waals surface area contributed by atoms with Gasteiger partial charge in [0.2, 0.25) is 0 Å². The van der Waals surface area contributed by atoms with Crippen LogP contribution < -0.4 is 5.32 Å². The molecule has 0 saturated heterocycles. The molecule has 1 N–H and O–H groups in total. The van der Waals surface area contributed by atoms with Crippen LogP contribution in [0.15, 0.2) is 0 Å². The first-order valence-corrected chi connectivity index (χ1v) is 5.48. The van der Waals surface area contributed by atoms with Crippen molar-refractivity contribution in [1.29, 1.82) is 0 Å². The van der Waals surface area contributed by atoms with Gasteiger partial charge in [0, 0.05) is 24.8 Å². The Morgan fingerprint density at radius 1 is 1.21 bits per heavy atom. The fourth-order valence-corrected chi connectivity index (χ4v) is 1.84. The summed E-state index contributed by atoms with van der Waals surface area (Å²) < 4.78 is 2.02. The van der Waals surface area contributed by atoms with Crippen molar-refractivity contribution in [3.63, 3.8) is 0 Å². The molecule has 0 spiro atoms. The Morgan fingerprint density at radius 2 is 1.93 bits per heavy atom. The fraction of sp³-hybridized carbons (Fsp3) is 0.727. The number of aryl methyl sites for hydroxylation is 2. The number of hydrogen-bond donors (Lipinski definition) is 1. The first kappa shape index (κ1) is 11.2. The van der Waals surface area contributed by atoms with Gasteiger partial charge in [-0.1, -0.05) is 20.8 Å². The Morgan fingerprint density at radius 3 is 2.43 bits per heavy atom. The van der Waals surface area contributed by atoms with Gasteiger partial charge in [0.1, 0.15) is 0 Å². The highest BCUT2D eigenvalue weighted by Gasteiger charge is 2.12. The van der Waals surface area contributed by atoms with Crippen molar-refractivity contribution in [3.05, 3.63) is 17.0 Å². The molecule has 0 amide bonds. The highest BCUT2D eigenvalue weighted by atomic mass is 15.3. The van der Waals surface area contributed by atoms with Gasteiger partial charge in [0.15, 0.2) is 0 Å².